The molecule has 7 heteroatoms. The van der Waals surface area contributed by atoms with Crippen LogP contribution in [0.3, 0.4) is 0 Å². The van der Waals surface area contributed by atoms with E-state index in [1.54, 1.807) is 6.20 Å². The average molecular weight is 432 g/mol. The minimum atomic E-state index is -1.04. The van der Waals surface area contributed by atoms with Crippen molar-refractivity contribution in [2.45, 2.75) is 52.6 Å². The molecule has 1 aliphatic rings. The molecular weight excluding hydrogens is 405 g/mol. The monoisotopic (exact) mass is 431 g/mol. The molecule has 0 saturated heterocycles. The summed E-state index contributed by atoms with van der Waals surface area (Å²) in [5, 5.41) is 3.67. The first-order valence-electron chi connectivity index (χ1n) is 11.1. The highest BCUT2D eigenvalue weighted by Gasteiger charge is 2.43. The average Bonchev–Trinajstić information content (AvgIpc) is 3.39. The lowest BCUT2D eigenvalue weighted by molar-refractivity contribution is -0.117. The van der Waals surface area contributed by atoms with Crippen LogP contribution < -0.4 is 5.32 Å². The normalized spacial score (nSPS) is 17.8. The number of carbonyl (C=O) groups is 1. The van der Waals surface area contributed by atoms with E-state index in [1.165, 1.54) is 0 Å². The predicted octanol–water partition coefficient (Wildman–Crippen LogP) is 5.20. The molecule has 4 aromatic heterocycles. The summed E-state index contributed by atoms with van der Waals surface area (Å²) in [6.07, 6.45) is 8.03. The van der Waals surface area contributed by atoms with Crippen molar-refractivity contribution in [1.82, 2.24) is 19.4 Å². The first-order valence-corrected chi connectivity index (χ1v) is 11.1. The molecule has 32 heavy (non-hydrogen) atoms. The number of pyridine rings is 3. The molecule has 4 heterocycles. The largest absolute Gasteiger partial charge is 0.310 e. The van der Waals surface area contributed by atoms with Gasteiger partial charge in [-0.15, -0.1) is 0 Å². The van der Waals surface area contributed by atoms with Gasteiger partial charge in [-0.05, 0) is 50.8 Å². The summed E-state index contributed by atoms with van der Waals surface area (Å²) in [6.45, 7) is 6.29. The zero-order valence-corrected chi connectivity index (χ0v) is 18.5. The lowest BCUT2D eigenvalue weighted by atomic mass is 10.0. The van der Waals surface area contributed by atoms with E-state index in [9.17, 15) is 9.18 Å². The predicted molar refractivity (Wildman–Crippen MR) is 123 cm³/mol. The third-order valence-corrected chi connectivity index (χ3v) is 6.18. The number of anilines is 1. The van der Waals surface area contributed by atoms with Gasteiger partial charge in [0.15, 0.2) is 0 Å². The van der Waals surface area contributed by atoms with E-state index in [0.29, 0.717) is 5.82 Å². The molecule has 5 rings (SSSR count). The van der Waals surface area contributed by atoms with Gasteiger partial charge in [0.1, 0.15) is 17.6 Å². The minimum absolute atomic E-state index is 0.290. The topological polar surface area (TPSA) is 72.2 Å². The van der Waals surface area contributed by atoms with Gasteiger partial charge in [-0.25, -0.2) is 14.4 Å². The lowest BCUT2D eigenvalue weighted by Gasteiger charge is -2.13. The number of aryl methyl sites for hydroxylation is 3. The molecular formula is C25H26FN5O. The second kappa shape index (κ2) is 7.97. The van der Waals surface area contributed by atoms with Crippen molar-refractivity contribution >= 4 is 28.3 Å². The number of halogens is 1. The first-order chi connectivity index (χ1) is 15.5. The number of nitrogens with zero attached hydrogens (tertiary/aromatic N) is 4. The Morgan fingerprint density at radius 1 is 1.12 bits per heavy atom. The summed E-state index contributed by atoms with van der Waals surface area (Å²) in [4.78, 5) is 25.9. The number of nitrogens with one attached hydrogen (secondary N) is 1. The Kier molecular flexibility index (Phi) is 5.12. The number of hydrogen-bond acceptors (Lipinski definition) is 4. The van der Waals surface area contributed by atoms with Crippen LogP contribution in [0, 0.1) is 19.8 Å². The van der Waals surface area contributed by atoms with Gasteiger partial charge in [0, 0.05) is 52.6 Å². The van der Waals surface area contributed by atoms with Crippen LogP contribution in [-0.4, -0.2) is 31.4 Å². The van der Waals surface area contributed by atoms with Gasteiger partial charge in [0.25, 0.3) is 0 Å². The molecule has 0 aromatic carbocycles. The highest BCUT2D eigenvalue weighted by atomic mass is 19.1. The zero-order chi connectivity index (χ0) is 22.4. The number of carbonyl (C=O) groups excluding carboxylic acids is 1. The van der Waals surface area contributed by atoms with Gasteiger partial charge >= 0.3 is 0 Å². The first kappa shape index (κ1) is 20.5. The van der Waals surface area contributed by atoms with E-state index in [4.69, 9.17) is 4.98 Å². The Morgan fingerprint density at radius 2 is 1.94 bits per heavy atom. The Balaban J connectivity index is 1.59. The summed E-state index contributed by atoms with van der Waals surface area (Å²) in [6, 6.07) is 6.06. The molecule has 2 unspecified atom stereocenters. The third-order valence-electron chi connectivity index (χ3n) is 6.18. The van der Waals surface area contributed by atoms with Crippen molar-refractivity contribution in [3.8, 4) is 11.1 Å². The number of rotatable bonds is 6. The maximum atomic E-state index is 13.2. The van der Waals surface area contributed by atoms with Crippen LogP contribution in [-0.2, 0) is 11.2 Å². The smallest absolute Gasteiger partial charge is 0.231 e. The second-order valence-electron chi connectivity index (χ2n) is 8.69. The zero-order valence-electron chi connectivity index (χ0n) is 18.5. The summed E-state index contributed by atoms with van der Waals surface area (Å²) in [5.74, 6) is -0.452. The maximum Gasteiger partial charge on any atom is 0.231 e. The molecule has 0 radical (unpaired) electrons. The van der Waals surface area contributed by atoms with Gasteiger partial charge in [-0.1, -0.05) is 13.3 Å². The van der Waals surface area contributed by atoms with Crippen molar-refractivity contribution in [1.29, 1.82) is 0 Å². The number of aromatic nitrogens is 4. The van der Waals surface area contributed by atoms with E-state index in [-0.39, 0.29) is 12.3 Å². The van der Waals surface area contributed by atoms with Crippen LogP contribution in [0.1, 0.15) is 43.1 Å². The van der Waals surface area contributed by atoms with Crippen molar-refractivity contribution < 1.29 is 9.18 Å². The van der Waals surface area contributed by atoms with E-state index < -0.39 is 12.1 Å². The van der Waals surface area contributed by atoms with Crippen LogP contribution >= 0.6 is 0 Å². The number of imidazole rings is 1. The van der Waals surface area contributed by atoms with Crippen LogP contribution in [0.25, 0.3) is 27.7 Å². The second-order valence-corrected chi connectivity index (χ2v) is 8.69. The fourth-order valence-corrected chi connectivity index (χ4v) is 4.22. The Labute approximate surface area is 185 Å². The molecule has 4 aromatic rings. The van der Waals surface area contributed by atoms with Crippen molar-refractivity contribution in [2.75, 3.05) is 5.32 Å². The Morgan fingerprint density at radius 3 is 2.66 bits per heavy atom. The van der Waals surface area contributed by atoms with E-state index in [0.717, 1.165) is 63.9 Å². The Hall–Kier alpha value is -3.35. The minimum Gasteiger partial charge on any atom is -0.310 e. The molecule has 2 atom stereocenters. The summed E-state index contributed by atoms with van der Waals surface area (Å²) < 4.78 is 15.3. The van der Waals surface area contributed by atoms with Crippen molar-refractivity contribution in [2.24, 2.45) is 5.92 Å². The number of fused-ring (bicyclic) bond motifs is 3. The molecule has 1 N–H and O–H groups in total. The number of unbranched alkanes of at least 4 members (excludes halogenated alkanes) is 1. The van der Waals surface area contributed by atoms with Crippen LogP contribution in [0.15, 0.2) is 36.8 Å². The molecule has 0 aliphatic heterocycles. The van der Waals surface area contributed by atoms with Gasteiger partial charge in [0.2, 0.25) is 5.91 Å². The van der Waals surface area contributed by atoms with Crippen molar-refractivity contribution in [3.05, 3.63) is 53.7 Å². The SMILES string of the molecule is CCCCc1cc(C)c(-c2cc3cnc(NC(=O)C4CC4F)cc3n3c(C)cnc23)cn1. The summed E-state index contributed by atoms with van der Waals surface area (Å²) in [5.41, 5.74) is 7.01. The molecule has 1 saturated carbocycles. The number of amides is 1. The Bertz CT molecular complexity index is 1350. The molecule has 164 valence electrons. The summed E-state index contributed by atoms with van der Waals surface area (Å²) >= 11 is 0. The van der Waals surface area contributed by atoms with Crippen LogP contribution in [0.4, 0.5) is 10.2 Å². The molecule has 1 aliphatic carbocycles. The van der Waals surface area contributed by atoms with Gasteiger partial charge in [0.05, 0.1) is 11.4 Å². The molecule has 1 fully saturated rings. The maximum absolute atomic E-state index is 13.2. The molecule has 6 nitrogen and oxygen atoms in total. The molecule has 0 bridgehead atoms. The lowest BCUT2D eigenvalue weighted by Crippen LogP contribution is -2.16. The van der Waals surface area contributed by atoms with E-state index in [1.807, 2.05) is 25.4 Å². The molecule has 1 amide bonds. The van der Waals surface area contributed by atoms with E-state index in [2.05, 4.69) is 45.7 Å². The van der Waals surface area contributed by atoms with Crippen LogP contribution in [0.5, 0.6) is 0 Å². The molecule has 0 spiro atoms. The highest BCUT2D eigenvalue weighted by molar-refractivity contribution is 5.97. The fraction of sp³-hybridized carbons (Fsp3) is 0.360. The summed E-state index contributed by atoms with van der Waals surface area (Å²) in [7, 11) is 0. The number of alkyl halides is 1. The number of hydrogen-bond donors (Lipinski definition) is 1. The quantitative estimate of drug-likeness (QED) is 0.455. The van der Waals surface area contributed by atoms with Gasteiger partial charge in [-0.2, -0.15) is 0 Å². The van der Waals surface area contributed by atoms with Gasteiger partial charge in [-0.3, -0.25) is 14.2 Å². The van der Waals surface area contributed by atoms with E-state index >= 15 is 0 Å². The van der Waals surface area contributed by atoms with Crippen molar-refractivity contribution in [3.63, 3.8) is 0 Å². The van der Waals surface area contributed by atoms with Crippen LogP contribution in [0.2, 0.25) is 0 Å². The fourth-order valence-electron chi connectivity index (χ4n) is 4.22. The standard InChI is InChI=1S/C25H26FN5O/c1-4-5-6-17-7-14(2)20(13-27-17)18-8-16-12-28-23(30-25(32)19-9-21(19)26)10-22(16)31-15(3)11-29-24(18)31/h7-8,10-13,19,21H,4-6,9H2,1-3H3,(H,28,30,32). The van der Waals surface area contributed by atoms with Gasteiger partial charge < -0.3 is 5.32 Å². The third kappa shape index (κ3) is 3.61. The highest BCUT2D eigenvalue weighted by Crippen LogP contribution is 2.35.